The number of nitrogens with zero attached hydrogens (tertiary/aromatic N) is 2. The lowest BCUT2D eigenvalue weighted by Crippen LogP contribution is -1.90. The lowest BCUT2D eigenvalue weighted by molar-refractivity contribution is 0.404. The van der Waals surface area contributed by atoms with E-state index in [1.165, 1.54) is 29.7 Å². The van der Waals surface area contributed by atoms with Gasteiger partial charge in [0.1, 0.15) is 0 Å². The van der Waals surface area contributed by atoms with E-state index in [9.17, 15) is 10.2 Å². The quantitative estimate of drug-likeness (QED) is 0.390. The molecule has 0 spiro atoms. The number of hydrogen-bond donors (Lipinski definition) is 3. The maximum absolute atomic E-state index is 9.47. The minimum Gasteiger partial charge on any atom is -0.504 e. The molecule has 3 aromatic rings. The standard InChI is InChI=1S/C14H10ClN3O2S/c15-9-5-8(6-11(19)13(9)20)7-16-18-14-17-10-3-1-2-4-12(10)21-14/h1-7,19-20H,(H,17,18). The van der Waals surface area contributed by atoms with Gasteiger partial charge in [0.15, 0.2) is 11.5 Å². The molecule has 0 aliphatic rings. The van der Waals surface area contributed by atoms with Crippen LogP contribution < -0.4 is 5.43 Å². The Morgan fingerprint density at radius 1 is 1.24 bits per heavy atom. The molecule has 21 heavy (non-hydrogen) atoms. The zero-order valence-corrected chi connectivity index (χ0v) is 12.2. The van der Waals surface area contributed by atoms with E-state index in [1.54, 1.807) is 0 Å². The zero-order chi connectivity index (χ0) is 14.8. The van der Waals surface area contributed by atoms with Crippen molar-refractivity contribution in [2.24, 2.45) is 5.10 Å². The van der Waals surface area contributed by atoms with Crippen molar-refractivity contribution in [3.8, 4) is 11.5 Å². The number of nitrogens with one attached hydrogen (secondary N) is 1. The molecule has 5 nitrogen and oxygen atoms in total. The maximum Gasteiger partial charge on any atom is 0.204 e. The summed E-state index contributed by atoms with van der Waals surface area (Å²) in [5.41, 5.74) is 4.29. The molecule has 3 N–H and O–H groups in total. The Morgan fingerprint density at radius 3 is 2.81 bits per heavy atom. The van der Waals surface area contributed by atoms with Crippen LogP contribution in [0.4, 0.5) is 5.13 Å². The van der Waals surface area contributed by atoms with Crippen molar-refractivity contribution in [1.82, 2.24) is 4.98 Å². The van der Waals surface area contributed by atoms with E-state index in [2.05, 4.69) is 15.5 Å². The lowest BCUT2D eigenvalue weighted by Gasteiger charge is -2.01. The first-order chi connectivity index (χ1) is 10.1. The van der Waals surface area contributed by atoms with Crippen molar-refractivity contribution in [3.05, 3.63) is 47.0 Å². The van der Waals surface area contributed by atoms with Gasteiger partial charge in [-0.2, -0.15) is 5.10 Å². The summed E-state index contributed by atoms with van der Waals surface area (Å²) in [5, 5.41) is 23.6. The van der Waals surface area contributed by atoms with Gasteiger partial charge in [0.05, 0.1) is 21.5 Å². The number of para-hydroxylation sites is 1. The summed E-state index contributed by atoms with van der Waals surface area (Å²) in [6.07, 6.45) is 1.48. The lowest BCUT2D eigenvalue weighted by atomic mass is 10.2. The summed E-state index contributed by atoms with van der Waals surface area (Å²) >= 11 is 7.26. The molecule has 0 radical (unpaired) electrons. The molecule has 106 valence electrons. The highest BCUT2D eigenvalue weighted by Gasteiger charge is 2.06. The fraction of sp³-hybridized carbons (Fsp3) is 0. The Bertz CT molecular complexity index is 776. The van der Waals surface area contributed by atoms with E-state index < -0.39 is 0 Å². The largest absolute Gasteiger partial charge is 0.504 e. The molecule has 0 bridgehead atoms. The topological polar surface area (TPSA) is 77.7 Å². The number of aromatic hydroxyl groups is 2. The third-order valence-corrected chi connectivity index (χ3v) is 3.96. The molecule has 0 aliphatic heterocycles. The van der Waals surface area contributed by atoms with Crippen molar-refractivity contribution in [2.45, 2.75) is 0 Å². The first-order valence-corrected chi connectivity index (χ1v) is 7.19. The van der Waals surface area contributed by atoms with Gasteiger partial charge >= 0.3 is 0 Å². The Balaban J connectivity index is 1.77. The Kier molecular flexibility index (Phi) is 3.64. The van der Waals surface area contributed by atoms with Crippen LogP contribution in [-0.2, 0) is 0 Å². The molecule has 0 saturated heterocycles. The van der Waals surface area contributed by atoms with Crippen LogP contribution in [0.5, 0.6) is 11.5 Å². The highest BCUT2D eigenvalue weighted by molar-refractivity contribution is 7.22. The van der Waals surface area contributed by atoms with Gasteiger partial charge in [-0.25, -0.2) is 4.98 Å². The van der Waals surface area contributed by atoms with Crippen LogP contribution in [0.2, 0.25) is 5.02 Å². The highest BCUT2D eigenvalue weighted by atomic mass is 35.5. The van der Waals surface area contributed by atoms with Crippen molar-refractivity contribution in [1.29, 1.82) is 0 Å². The summed E-state index contributed by atoms with van der Waals surface area (Å²) in [6, 6.07) is 10.7. The van der Waals surface area contributed by atoms with Gasteiger partial charge in [-0.05, 0) is 29.8 Å². The molecule has 0 unspecified atom stereocenters. The van der Waals surface area contributed by atoms with E-state index in [1.807, 2.05) is 24.3 Å². The second kappa shape index (κ2) is 5.59. The molecule has 1 heterocycles. The van der Waals surface area contributed by atoms with E-state index in [-0.39, 0.29) is 16.5 Å². The molecule has 7 heteroatoms. The van der Waals surface area contributed by atoms with Gasteiger partial charge in [0.2, 0.25) is 5.13 Å². The molecular weight excluding hydrogens is 310 g/mol. The third-order valence-electron chi connectivity index (χ3n) is 2.73. The summed E-state index contributed by atoms with van der Waals surface area (Å²) in [4.78, 5) is 4.37. The zero-order valence-electron chi connectivity index (χ0n) is 10.6. The minimum absolute atomic E-state index is 0.0661. The van der Waals surface area contributed by atoms with Gasteiger partial charge in [-0.15, -0.1) is 0 Å². The monoisotopic (exact) mass is 319 g/mol. The molecule has 3 rings (SSSR count). The first kappa shape index (κ1) is 13.7. The number of aromatic nitrogens is 1. The predicted molar refractivity (Wildman–Crippen MR) is 85.6 cm³/mol. The SMILES string of the molecule is Oc1cc(C=NNc2nc3ccccc3s2)cc(Cl)c1O. The molecule has 0 aliphatic carbocycles. The number of halogens is 1. The van der Waals surface area contributed by atoms with Crippen LogP contribution in [0.15, 0.2) is 41.5 Å². The average molecular weight is 320 g/mol. The number of hydrazone groups is 1. The van der Waals surface area contributed by atoms with Crippen LogP contribution in [0.1, 0.15) is 5.56 Å². The molecule has 0 atom stereocenters. The number of phenols is 2. The van der Waals surface area contributed by atoms with Crippen LogP contribution in [-0.4, -0.2) is 21.4 Å². The summed E-state index contributed by atoms with van der Waals surface area (Å²) in [7, 11) is 0. The number of benzene rings is 2. The normalized spacial score (nSPS) is 11.3. The van der Waals surface area contributed by atoms with Gasteiger partial charge in [-0.3, -0.25) is 5.43 Å². The van der Waals surface area contributed by atoms with Crippen LogP contribution in [0.25, 0.3) is 10.2 Å². The summed E-state index contributed by atoms with van der Waals surface area (Å²) in [6.45, 7) is 0. The Hall–Kier alpha value is -2.31. The molecule has 2 aromatic carbocycles. The molecule has 0 fully saturated rings. The Labute approximate surface area is 129 Å². The van der Waals surface area contributed by atoms with E-state index in [0.29, 0.717) is 10.7 Å². The smallest absolute Gasteiger partial charge is 0.204 e. The van der Waals surface area contributed by atoms with Crippen LogP contribution >= 0.6 is 22.9 Å². The second-order valence-corrected chi connectivity index (χ2v) is 5.67. The van der Waals surface area contributed by atoms with E-state index >= 15 is 0 Å². The maximum atomic E-state index is 9.47. The van der Waals surface area contributed by atoms with E-state index in [4.69, 9.17) is 11.6 Å². The average Bonchev–Trinajstić information content (AvgIpc) is 2.87. The molecule has 0 saturated carbocycles. The highest BCUT2D eigenvalue weighted by Crippen LogP contribution is 2.33. The number of hydrogen-bond acceptors (Lipinski definition) is 6. The number of thiazole rings is 1. The summed E-state index contributed by atoms with van der Waals surface area (Å²) < 4.78 is 1.07. The van der Waals surface area contributed by atoms with Gasteiger partial charge in [0.25, 0.3) is 0 Å². The van der Waals surface area contributed by atoms with Crippen LogP contribution in [0, 0.1) is 0 Å². The van der Waals surface area contributed by atoms with Crippen molar-refractivity contribution in [3.63, 3.8) is 0 Å². The first-order valence-electron chi connectivity index (χ1n) is 5.99. The fourth-order valence-electron chi connectivity index (χ4n) is 1.76. The number of fused-ring (bicyclic) bond motifs is 1. The number of phenolic OH excluding ortho intramolecular Hbond substituents is 2. The van der Waals surface area contributed by atoms with Gasteiger partial charge in [-0.1, -0.05) is 35.1 Å². The van der Waals surface area contributed by atoms with Crippen LogP contribution in [0.3, 0.4) is 0 Å². The number of anilines is 1. The Morgan fingerprint density at radius 2 is 2.05 bits per heavy atom. The van der Waals surface area contributed by atoms with Crippen molar-refractivity contribution >= 4 is 44.5 Å². The van der Waals surface area contributed by atoms with Gasteiger partial charge < -0.3 is 10.2 Å². The molecule has 1 aromatic heterocycles. The van der Waals surface area contributed by atoms with Gasteiger partial charge in [0, 0.05) is 0 Å². The van der Waals surface area contributed by atoms with Crippen molar-refractivity contribution < 1.29 is 10.2 Å². The minimum atomic E-state index is -0.340. The molecular formula is C14H10ClN3O2S. The molecule has 0 amide bonds. The van der Waals surface area contributed by atoms with Crippen molar-refractivity contribution in [2.75, 3.05) is 5.43 Å². The second-order valence-electron chi connectivity index (χ2n) is 4.23. The van der Waals surface area contributed by atoms with E-state index in [0.717, 1.165) is 10.2 Å². The number of rotatable bonds is 3. The summed E-state index contributed by atoms with van der Waals surface area (Å²) in [5.74, 6) is -0.628. The fourth-order valence-corrected chi connectivity index (χ4v) is 2.80. The predicted octanol–water partition coefficient (Wildman–Crippen LogP) is 3.81. The third kappa shape index (κ3) is 2.91.